The van der Waals surface area contributed by atoms with E-state index >= 15 is 0 Å². The fourth-order valence-electron chi connectivity index (χ4n) is 1.60. The van der Waals surface area contributed by atoms with Crippen LogP contribution < -0.4 is 0 Å². The second-order valence-electron chi connectivity index (χ2n) is 3.68. The van der Waals surface area contributed by atoms with Crippen LogP contribution in [0.4, 0.5) is 0 Å². The molecule has 0 bridgehead atoms. The number of hydrogen-bond acceptors (Lipinski definition) is 4. The minimum Gasteiger partial charge on any atom is -0.453 e. The fraction of sp³-hybridized carbons (Fsp3) is 0.333. The van der Waals surface area contributed by atoms with Gasteiger partial charge in [0.05, 0.1) is 6.61 Å². The lowest BCUT2D eigenvalue weighted by Crippen LogP contribution is -2.27. The lowest BCUT2D eigenvalue weighted by Gasteiger charge is -2.22. The van der Waals surface area contributed by atoms with E-state index in [1.54, 1.807) is 18.2 Å². The average molecular weight is 220 g/mol. The van der Waals surface area contributed by atoms with Gasteiger partial charge in [-0.3, -0.25) is 4.79 Å². The summed E-state index contributed by atoms with van der Waals surface area (Å²) in [6, 6.07) is 7.06. The number of ketones is 1. The first kappa shape index (κ1) is 10.8. The Kier molecular flexibility index (Phi) is 3.01. The molecule has 1 fully saturated rings. The van der Waals surface area contributed by atoms with Crippen molar-refractivity contribution in [3.63, 3.8) is 0 Å². The molecule has 84 valence electrons. The number of hydrogen-bond donors (Lipinski definition) is 0. The maximum atomic E-state index is 11.2. The van der Waals surface area contributed by atoms with Crippen molar-refractivity contribution in [2.75, 3.05) is 13.2 Å². The van der Waals surface area contributed by atoms with E-state index in [0.717, 1.165) is 5.56 Å². The molecule has 1 unspecified atom stereocenters. The van der Waals surface area contributed by atoms with Gasteiger partial charge >= 0.3 is 5.97 Å². The zero-order chi connectivity index (χ0) is 11.5. The summed E-state index contributed by atoms with van der Waals surface area (Å²) in [5.41, 5.74) is 1.40. The SMILES string of the molecule is CC(=O)c1cccc(C2COCC(=O)O2)c1. The van der Waals surface area contributed by atoms with Crippen LogP contribution in [0.2, 0.25) is 0 Å². The van der Waals surface area contributed by atoms with E-state index < -0.39 is 6.10 Å². The van der Waals surface area contributed by atoms with Crippen molar-refractivity contribution in [3.8, 4) is 0 Å². The quantitative estimate of drug-likeness (QED) is 0.560. The number of cyclic esters (lactones) is 1. The van der Waals surface area contributed by atoms with Crippen LogP contribution in [-0.4, -0.2) is 25.0 Å². The van der Waals surface area contributed by atoms with E-state index in [1.807, 2.05) is 6.07 Å². The van der Waals surface area contributed by atoms with Gasteiger partial charge in [0.1, 0.15) is 6.61 Å². The monoisotopic (exact) mass is 220 g/mol. The number of ether oxygens (including phenoxy) is 2. The van der Waals surface area contributed by atoms with Crippen molar-refractivity contribution in [3.05, 3.63) is 35.4 Å². The van der Waals surface area contributed by atoms with E-state index in [4.69, 9.17) is 9.47 Å². The topological polar surface area (TPSA) is 52.6 Å². The van der Waals surface area contributed by atoms with Gasteiger partial charge in [-0.25, -0.2) is 4.79 Å². The van der Waals surface area contributed by atoms with Gasteiger partial charge in [0.15, 0.2) is 11.9 Å². The number of esters is 1. The lowest BCUT2D eigenvalue weighted by molar-refractivity contribution is -0.170. The molecule has 1 aliphatic rings. The number of benzene rings is 1. The van der Waals surface area contributed by atoms with E-state index in [1.165, 1.54) is 6.92 Å². The lowest BCUT2D eigenvalue weighted by atomic mass is 10.0. The van der Waals surface area contributed by atoms with Gasteiger partial charge in [-0.1, -0.05) is 18.2 Å². The zero-order valence-corrected chi connectivity index (χ0v) is 8.93. The third-order valence-corrected chi connectivity index (χ3v) is 2.43. The molecule has 0 amide bonds. The highest BCUT2D eigenvalue weighted by Crippen LogP contribution is 2.22. The van der Waals surface area contributed by atoms with Crippen molar-refractivity contribution in [2.45, 2.75) is 13.0 Å². The predicted octanol–water partition coefficient (Wildman–Crippen LogP) is 1.50. The molecule has 1 saturated heterocycles. The Morgan fingerprint density at radius 2 is 2.25 bits per heavy atom. The molecule has 1 atom stereocenters. The maximum Gasteiger partial charge on any atom is 0.332 e. The van der Waals surface area contributed by atoms with Gasteiger partial charge in [0.2, 0.25) is 0 Å². The van der Waals surface area contributed by atoms with Crippen molar-refractivity contribution in [2.24, 2.45) is 0 Å². The second-order valence-corrected chi connectivity index (χ2v) is 3.68. The Morgan fingerprint density at radius 3 is 2.94 bits per heavy atom. The number of carbonyl (C=O) groups is 2. The van der Waals surface area contributed by atoms with Gasteiger partial charge < -0.3 is 9.47 Å². The first-order chi connectivity index (χ1) is 7.66. The Balaban J connectivity index is 2.22. The Hall–Kier alpha value is -1.68. The summed E-state index contributed by atoms with van der Waals surface area (Å²) in [5.74, 6) is -0.380. The van der Waals surface area contributed by atoms with Crippen LogP contribution >= 0.6 is 0 Å². The van der Waals surface area contributed by atoms with Crippen LogP contribution in [0.25, 0.3) is 0 Å². The predicted molar refractivity (Wildman–Crippen MR) is 56.1 cm³/mol. The molecule has 0 spiro atoms. The molecule has 0 aliphatic carbocycles. The van der Waals surface area contributed by atoms with E-state index in [2.05, 4.69) is 0 Å². The van der Waals surface area contributed by atoms with E-state index in [-0.39, 0.29) is 18.4 Å². The summed E-state index contributed by atoms with van der Waals surface area (Å²) < 4.78 is 10.2. The van der Waals surface area contributed by atoms with Crippen molar-refractivity contribution >= 4 is 11.8 Å². The highest BCUT2D eigenvalue weighted by atomic mass is 16.6. The third kappa shape index (κ3) is 2.28. The first-order valence-electron chi connectivity index (χ1n) is 5.05. The van der Waals surface area contributed by atoms with Gasteiger partial charge in [-0.05, 0) is 18.6 Å². The smallest absolute Gasteiger partial charge is 0.332 e. The first-order valence-corrected chi connectivity index (χ1v) is 5.05. The third-order valence-electron chi connectivity index (χ3n) is 2.43. The molecule has 4 nitrogen and oxygen atoms in total. The molecule has 1 aromatic rings. The van der Waals surface area contributed by atoms with Gasteiger partial charge in [0.25, 0.3) is 0 Å². The molecule has 2 rings (SSSR count). The molecule has 16 heavy (non-hydrogen) atoms. The Labute approximate surface area is 93.2 Å². The highest BCUT2D eigenvalue weighted by Gasteiger charge is 2.22. The molecule has 4 heteroatoms. The van der Waals surface area contributed by atoms with Gasteiger partial charge in [-0.15, -0.1) is 0 Å². The summed E-state index contributed by atoms with van der Waals surface area (Å²) in [6.07, 6.45) is -0.402. The van der Waals surface area contributed by atoms with Crippen LogP contribution in [0.15, 0.2) is 24.3 Å². The summed E-state index contributed by atoms with van der Waals surface area (Å²) in [5, 5.41) is 0. The van der Waals surface area contributed by atoms with Crippen LogP contribution in [-0.2, 0) is 14.3 Å². The van der Waals surface area contributed by atoms with Crippen LogP contribution in [0.3, 0.4) is 0 Å². The largest absolute Gasteiger partial charge is 0.453 e. The molecule has 1 aromatic carbocycles. The molecular weight excluding hydrogens is 208 g/mol. The fourth-order valence-corrected chi connectivity index (χ4v) is 1.60. The Morgan fingerprint density at radius 1 is 1.44 bits per heavy atom. The summed E-state index contributed by atoms with van der Waals surface area (Å²) in [4.78, 5) is 22.3. The number of carbonyl (C=O) groups excluding carboxylic acids is 2. The summed E-state index contributed by atoms with van der Waals surface area (Å²) in [6.45, 7) is 1.85. The molecular formula is C12H12O4. The van der Waals surface area contributed by atoms with Gasteiger partial charge in [-0.2, -0.15) is 0 Å². The number of Topliss-reactive ketones (excluding diaryl/α,β-unsaturated/α-hetero) is 1. The van der Waals surface area contributed by atoms with E-state index in [9.17, 15) is 9.59 Å². The second kappa shape index (κ2) is 4.45. The number of rotatable bonds is 2. The minimum absolute atomic E-state index is 0.00288. The molecule has 0 aromatic heterocycles. The highest BCUT2D eigenvalue weighted by molar-refractivity contribution is 5.94. The summed E-state index contributed by atoms with van der Waals surface area (Å²) >= 11 is 0. The van der Waals surface area contributed by atoms with Crippen molar-refractivity contribution < 1.29 is 19.1 Å². The molecule has 0 radical (unpaired) electrons. The Bertz CT molecular complexity index is 425. The van der Waals surface area contributed by atoms with Crippen molar-refractivity contribution in [1.29, 1.82) is 0 Å². The van der Waals surface area contributed by atoms with Crippen LogP contribution in [0, 0.1) is 0 Å². The average Bonchev–Trinajstić information content (AvgIpc) is 2.29. The molecule has 1 heterocycles. The zero-order valence-electron chi connectivity index (χ0n) is 8.93. The normalized spacial score (nSPS) is 20.3. The molecule has 1 aliphatic heterocycles. The molecule has 0 saturated carbocycles. The van der Waals surface area contributed by atoms with Crippen molar-refractivity contribution in [1.82, 2.24) is 0 Å². The molecule has 0 N–H and O–H groups in total. The minimum atomic E-state index is -0.402. The van der Waals surface area contributed by atoms with Crippen LogP contribution in [0.1, 0.15) is 28.9 Å². The van der Waals surface area contributed by atoms with Gasteiger partial charge in [0, 0.05) is 5.56 Å². The maximum absolute atomic E-state index is 11.2. The van der Waals surface area contributed by atoms with Crippen LogP contribution in [0.5, 0.6) is 0 Å². The standard InChI is InChI=1S/C12H12O4/c1-8(13)9-3-2-4-10(5-9)11-6-15-7-12(14)16-11/h2-5,11H,6-7H2,1H3. The van der Waals surface area contributed by atoms with E-state index in [0.29, 0.717) is 12.2 Å². The summed E-state index contributed by atoms with van der Waals surface area (Å²) in [7, 11) is 0.